The van der Waals surface area contributed by atoms with E-state index < -0.39 is 0 Å². The van der Waals surface area contributed by atoms with E-state index in [2.05, 4.69) is 72.6 Å². The molecule has 5 heteroatoms. The topological polar surface area (TPSA) is 35.5 Å². The number of nitrogens with one attached hydrogen (secondary N) is 1. The Hall–Kier alpha value is -1.10. The van der Waals surface area contributed by atoms with Crippen molar-refractivity contribution in [3.63, 3.8) is 0 Å². The molecule has 25 heavy (non-hydrogen) atoms. The van der Waals surface area contributed by atoms with Crippen LogP contribution in [0, 0.1) is 0 Å². The highest BCUT2D eigenvalue weighted by molar-refractivity contribution is 5.85. The normalized spacial score (nSPS) is 11.7. The maximum atomic E-state index is 10.3. The minimum atomic E-state index is -0.371. The van der Waals surface area contributed by atoms with Crippen molar-refractivity contribution in [2.75, 3.05) is 13.1 Å². The third kappa shape index (κ3) is 9.83. The zero-order valence-electron chi connectivity index (χ0n) is 15.0. The Balaban J connectivity index is 0.00000288. The molecular weight excluding hydrogens is 355 g/mol. The van der Waals surface area contributed by atoms with Gasteiger partial charge in [0.05, 0.1) is 6.10 Å². The van der Waals surface area contributed by atoms with E-state index in [0.717, 1.165) is 13.1 Å². The van der Waals surface area contributed by atoms with Gasteiger partial charge in [0.1, 0.15) is 0 Å². The first-order chi connectivity index (χ1) is 11.1. The number of aliphatic hydroxyl groups is 1. The Bertz CT molecular complexity index is 511. The lowest BCUT2D eigenvalue weighted by Crippen LogP contribution is -2.39. The second-order valence-electron chi connectivity index (χ2n) is 6.36. The highest BCUT2D eigenvalue weighted by Crippen LogP contribution is 2.10. The van der Waals surface area contributed by atoms with Gasteiger partial charge in [0, 0.05) is 32.2 Å². The van der Waals surface area contributed by atoms with Crippen LogP contribution in [-0.2, 0) is 13.1 Å². The fourth-order valence-corrected chi connectivity index (χ4v) is 2.60. The summed E-state index contributed by atoms with van der Waals surface area (Å²) in [7, 11) is 0. The molecule has 0 radical (unpaired) electrons. The average molecular weight is 385 g/mol. The number of nitrogens with zero attached hydrogens (tertiary/aromatic N) is 1. The smallest absolute Gasteiger partial charge is 0.0791 e. The molecule has 0 spiro atoms. The summed E-state index contributed by atoms with van der Waals surface area (Å²) in [5.74, 6) is 0. The minimum Gasteiger partial charge on any atom is -0.390 e. The third-order valence-electron chi connectivity index (χ3n) is 3.73. The van der Waals surface area contributed by atoms with Gasteiger partial charge in [-0.1, -0.05) is 74.5 Å². The van der Waals surface area contributed by atoms with E-state index >= 15 is 0 Å². The number of aliphatic hydroxyl groups excluding tert-OH is 1. The van der Waals surface area contributed by atoms with Crippen LogP contribution in [0.25, 0.3) is 0 Å². The molecule has 1 unspecified atom stereocenters. The van der Waals surface area contributed by atoms with E-state index in [4.69, 9.17) is 0 Å². The van der Waals surface area contributed by atoms with Gasteiger partial charge >= 0.3 is 0 Å². The molecule has 2 aromatic carbocycles. The molecule has 0 aromatic heterocycles. The molecule has 0 saturated heterocycles. The fourth-order valence-electron chi connectivity index (χ4n) is 2.60. The first-order valence-corrected chi connectivity index (χ1v) is 8.35. The van der Waals surface area contributed by atoms with Crippen molar-refractivity contribution in [2.45, 2.75) is 39.1 Å². The van der Waals surface area contributed by atoms with Crippen LogP contribution in [0.5, 0.6) is 0 Å². The zero-order valence-corrected chi connectivity index (χ0v) is 16.6. The largest absolute Gasteiger partial charge is 0.390 e. The van der Waals surface area contributed by atoms with Gasteiger partial charge in [-0.15, -0.1) is 24.8 Å². The van der Waals surface area contributed by atoms with Crippen molar-refractivity contribution in [3.05, 3.63) is 71.8 Å². The maximum absolute atomic E-state index is 10.3. The molecule has 2 N–H and O–H groups in total. The highest BCUT2D eigenvalue weighted by Gasteiger charge is 2.13. The van der Waals surface area contributed by atoms with E-state index in [-0.39, 0.29) is 30.9 Å². The van der Waals surface area contributed by atoms with Crippen molar-refractivity contribution >= 4 is 24.8 Å². The predicted molar refractivity (Wildman–Crippen MR) is 111 cm³/mol. The lowest BCUT2D eigenvalue weighted by atomic mass is 10.1. The standard InChI is InChI=1S/C20H28N2O.2ClH/c1-17(2)21-13-20(23)16-22(14-18-9-5-3-6-10-18)15-19-11-7-4-8-12-19;;/h3-12,17,20-21,23H,13-16H2,1-2H3;2*1H. The maximum Gasteiger partial charge on any atom is 0.0791 e. The zero-order chi connectivity index (χ0) is 16.5. The Labute approximate surface area is 164 Å². The number of hydrogen-bond acceptors (Lipinski definition) is 3. The Morgan fingerprint density at radius 2 is 1.28 bits per heavy atom. The molecule has 2 rings (SSSR count). The van der Waals surface area contributed by atoms with E-state index in [0.29, 0.717) is 19.1 Å². The summed E-state index contributed by atoms with van der Waals surface area (Å²) in [6.45, 7) is 7.15. The van der Waals surface area contributed by atoms with Gasteiger partial charge in [-0.25, -0.2) is 0 Å². The Morgan fingerprint density at radius 1 is 0.840 bits per heavy atom. The van der Waals surface area contributed by atoms with Crippen molar-refractivity contribution in [2.24, 2.45) is 0 Å². The van der Waals surface area contributed by atoms with Crippen LogP contribution >= 0.6 is 24.8 Å². The van der Waals surface area contributed by atoms with E-state index in [9.17, 15) is 5.11 Å². The van der Waals surface area contributed by atoms with Gasteiger partial charge < -0.3 is 10.4 Å². The second-order valence-corrected chi connectivity index (χ2v) is 6.36. The first kappa shape index (κ1) is 23.9. The molecular formula is C20H30Cl2N2O. The second kappa shape index (κ2) is 13.2. The monoisotopic (exact) mass is 384 g/mol. The lowest BCUT2D eigenvalue weighted by molar-refractivity contribution is 0.102. The number of hydrogen-bond donors (Lipinski definition) is 2. The summed E-state index contributed by atoms with van der Waals surface area (Å²) >= 11 is 0. The Morgan fingerprint density at radius 3 is 1.68 bits per heavy atom. The van der Waals surface area contributed by atoms with Crippen molar-refractivity contribution in [1.29, 1.82) is 0 Å². The first-order valence-electron chi connectivity index (χ1n) is 8.35. The van der Waals surface area contributed by atoms with Gasteiger partial charge in [0.25, 0.3) is 0 Å². The average Bonchev–Trinajstić information content (AvgIpc) is 2.55. The van der Waals surface area contributed by atoms with Gasteiger partial charge in [-0.05, 0) is 11.1 Å². The molecule has 0 fully saturated rings. The summed E-state index contributed by atoms with van der Waals surface area (Å²) in [5, 5.41) is 13.6. The molecule has 0 saturated carbocycles. The molecule has 0 amide bonds. The summed E-state index contributed by atoms with van der Waals surface area (Å²) in [4.78, 5) is 2.30. The summed E-state index contributed by atoms with van der Waals surface area (Å²) in [6, 6.07) is 21.3. The SMILES string of the molecule is CC(C)NCC(O)CN(Cc1ccccc1)Cc1ccccc1.Cl.Cl. The van der Waals surface area contributed by atoms with Crippen LogP contribution in [0.2, 0.25) is 0 Å². The van der Waals surface area contributed by atoms with Gasteiger partial charge in [-0.3, -0.25) is 4.90 Å². The third-order valence-corrected chi connectivity index (χ3v) is 3.73. The van der Waals surface area contributed by atoms with Gasteiger partial charge in [0.2, 0.25) is 0 Å². The van der Waals surface area contributed by atoms with E-state index in [1.54, 1.807) is 0 Å². The van der Waals surface area contributed by atoms with Gasteiger partial charge in [0.15, 0.2) is 0 Å². The molecule has 3 nitrogen and oxygen atoms in total. The van der Waals surface area contributed by atoms with Crippen LogP contribution < -0.4 is 5.32 Å². The predicted octanol–water partition coefficient (Wildman–Crippen LogP) is 3.89. The summed E-state index contributed by atoms with van der Waals surface area (Å²) in [5.41, 5.74) is 2.54. The van der Waals surface area contributed by atoms with Crippen molar-refractivity contribution < 1.29 is 5.11 Å². The molecule has 0 aliphatic rings. The molecule has 0 heterocycles. The highest BCUT2D eigenvalue weighted by atomic mass is 35.5. The summed E-state index contributed by atoms with van der Waals surface area (Å²) in [6.07, 6.45) is -0.371. The van der Waals surface area contributed by atoms with Gasteiger partial charge in [-0.2, -0.15) is 0 Å². The number of benzene rings is 2. The van der Waals surface area contributed by atoms with Crippen LogP contribution in [0.3, 0.4) is 0 Å². The molecule has 0 aliphatic carbocycles. The van der Waals surface area contributed by atoms with Crippen LogP contribution in [0.15, 0.2) is 60.7 Å². The van der Waals surface area contributed by atoms with Crippen molar-refractivity contribution in [3.8, 4) is 0 Å². The van der Waals surface area contributed by atoms with Crippen LogP contribution in [0.4, 0.5) is 0 Å². The van der Waals surface area contributed by atoms with Crippen LogP contribution in [-0.4, -0.2) is 35.2 Å². The summed E-state index contributed by atoms with van der Waals surface area (Å²) < 4.78 is 0. The molecule has 0 bridgehead atoms. The van der Waals surface area contributed by atoms with Crippen molar-refractivity contribution in [1.82, 2.24) is 10.2 Å². The Kier molecular flexibility index (Phi) is 12.6. The minimum absolute atomic E-state index is 0. The van der Waals surface area contributed by atoms with Crippen LogP contribution in [0.1, 0.15) is 25.0 Å². The molecule has 2 aromatic rings. The van der Waals surface area contributed by atoms with E-state index in [1.807, 2.05) is 12.1 Å². The molecule has 1 atom stereocenters. The lowest BCUT2D eigenvalue weighted by Gasteiger charge is -2.26. The quantitative estimate of drug-likeness (QED) is 0.688. The molecule has 0 aliphatic heterocycles. The number of rotatable bonds is 9. The molecule has 140 valence electrons. The number of halogens is 2. The van der Waals surface area contributed by atoms with E-state index in [1.165, 1.54) is 11.1 Å². The fraction of sp³-hybridized carbons (Fsp3) is 0.400.